The van der Waals surface area contributed by atoms with E-state index in [-0.39, 0.29) is 29.7 Å². The summed E-state index contributed by atoms with van der Waals surface area (Å²) >= 11 is 0. The Hall–Kier alpha value is -2.32. The second-order valence-corrected chi connectivity index (χ2v) is 6.19. The third-order valence-electron chi connectivity index (χ3n) is 4.05. The number of nitrogens with one attached hydrogen (secondary N) is 1. The van der Waals surface area contributed by atoms with Gasteiger partial charge in [0.2, 0.25) is 0 Å². The number of anilines is 1. The molecule has 0 aliphatic carbocycles. The molecule has 0 unspecified atom stereocenters. The molecule has 2 heterocycles. The van der Waals surface area contributed by atoms with E-state index in [1.54, 1.807) is 31.4 Å². The van der Waals surface area contributed by atoms with Gasteiger partial charge >= 0.3 is 11.7 Å². The number of morpholine rings is 1. The molecule has 3 rings (SSSR count). The van der Waals surface area contributed by atoms with E-state index in [2.05, 4.69) is 5.27 Å². The molecule has 25 heavy (non-hydrogen) atoms. The topological polar surface area (TPSA) is 92.5 Å². The Morgan fingerprint density at radius 2 is 2.04 bits per heavy atom. The molecule has 1 fully saturated rings. The standard InChI is InChI=1S/C16H20N4O4.ClH/c1-16(2)10-23-9-8-19(16)14-13(17)24-18-20(14)15(21)11-4-6-12(22-3)7-5-11;/h4-7H,8-10H2,1-3H3,(H-,17,18);1H. The minimum Gasteiger partial charge on any atom is -0.658 e. The van der Waals surface area contributed by atoms with Crippen LogP contribution in [0.2, 0.25) is 0 Å². The molecule has 1 aliphatic rings. The predicted octanol–water partition coefficient (Wildman–Crippen LogP) is 2.38. The highest BCUT2D eigenvalue weighted by molar-refractivity contribution is 5.88. The lowest BCUT2D eigenvalue weighted by atomic mass is 10.0. The molecule has 0 saturated carbocycles. The average Bonchev–Trinajstić information content (AvgIpc) is 2.95. The van der Waals surface area contributed by atoms with Crippen molar-refractivity contribution in [3.05, 3.63) is 35.6 Å². The summed E-state index contributed by atoms with van der Waals surface area (Å²) in [6, 6.07) is 6.71. The first-order valence-corrected chi connectivity index (χ1v) is 7.62. The third-order valence-corrected chi connectivity index (χ3v) is 4.05. The Morgan fingerprint density at radius 3 is 2.64 bits per heavy atom. The lowest BCUT2D eigenvalue weighted by Gasteiger charge is -2.36. The number of methoxy groups -OCH3 is 1. The Kier molecular flexibility index (Phi) is 5.54. The maximum Gasteiger partial charge on any atom is 0.369 e. The van der Waals surface area contributed by atoms with Gasteiger partial charge in [-0.25, -0.2) is 9.69 Å². The van der Waals surface area contributed by atoms with Gasteiger partial charge in [0.1, 0.15) is 29.0 Å². The van der Waals surface area contributed by atoms with Crippen LogP contribution in [0, 0.1) is 0 Å². The third kappa shape index (κ3) is 3.54. The molecule has 1 aromatic heterocycles. The summed E-state index contributed by atoms with van der Waals surface area (Å²) in [5.41, 5.74) is 8.08. The summed E-state index contributed by atoms with van der Waals surface area (Å²) in [5, 5.41) is 3.77. The Morgan fingerprint density at radius 1 is 1.36 bits per heavy atom. The van der Waals surface area contributed by atoms with E-state index in [1.807, 2.05) is 18.7 Å². The molecule has 2 aromatic rings. The van der Waals surface area contributed by atoms with Crippen molar-refractivity contribution in [3.8, 4) is 5.75 Å². The fourth-order valence-corrected chi connectivity index (χ4v) is 2.73. The number of hydrogen-bond donors (Lipinski definition) is 0. The molecule has 9 heteroatoms. The van der Waals surface area contributed by atoms with Crippen molar-refractivity contribution in [2.45, 2.75) is 19.4 Å². The minimum atomic E-state index is -0.373. The van der Waals surface area contributed by atoms with Gasteiger partial charge in [0, 0.05) is 0 Å². The van der Waals surface area contributed by atoms with Gasteiger partial charge in [-0.3, -0.25) is 0 Å². The number of benzene rings is 1. The lowest BCUT2D eigenvalue weighted by molar-refractivity contribution is -0.634. The number of carbonyl (C=O) groups excluding carboxylic acids is 1. The van der Waals surface area contributed by atoms with Crippen LogP contribution in [0.15, 0.2) is 28.8 Å². The first-order chi connectivity index (χ1) is 11.4. The fourth-order valence-electron chi connectivity index (χ4n) is 2.73. The molecule has 1 N–H and O–H groups in total. The number of carbonyl (C=O) groups is 1. The molecule has 0 spiro atoms. The summed E-state index contributed by atoms with van der Waals surface area (Å²) in [6.07, 6.45) is 0. The molecule has 0 amide bonds. The van der Waals surface area contributed by atoms with E-state index in [0.717, 1.165) is 4.68 Å². The van der Waals surface area contributed by atoms with Crippen LogP contribution >= 0.6 is 12.4 Å². The highest BCUT2D eigenvalue weighted by Crippen LogP contribution is 2.31. The molecule has 0 bridgehead atoms. The summed E-state index contributed by atoms with van der Waals surface area (Å²) in [5.74, 6) is 0.487. The van der Waals surface area contributed by atoms with Gasteiger partial charge in [0.05, 0.1) is 25.9 Å². The Balaban J connectivity index is 0.00000225. The largest absolute Gasteiger partial charge is 0.658 e. The number of nitrogens with zero attached hydrogens (tertiary/aromatic N) is 3. The lowest BCUT2D eigenvalue weighted by Crippen LogP contribution is -2.59. The zero-order valence-corrected chi connectivity index (χ0v) is 15.1. The van der Waals surface area contributed by atoms with Crippen molar-refractivity contribution < 1.29 is 23.5 Å². The summed E-state index contributed by atoms with van der Waals surface area (Å²) < 4.78 is 16.7. The second kappa shape index (κ2) is 7.28. The predicted molar refractivity (Wildman–Crippen MR) is 92.9 cm³/mol. The molecular weight excluding hydrogens is 348 g/mol. The zero-order chi connectivity index (χ0) is 17.3. The number of aromatic nitrogens is 2. The minimum absolute atomic E-state index is 0. The van der Waals surface area contributed by atoms with Crippen molar-refractivity contribution in [2.24, 2.45) is 0 Å². The van der Waals surface area contributed by atoms with E-state index in [1.165, 1.54) is 0 Å². The number of halogens is 1. The first-order valence-electron chi connectivity index (χ1n) is 7.62. The van der Waals surface area contributed by atoms with Crippen LogP contribution in [-0.2, 0) is 4.74 Å². The number of hydrogen-bond acceptors (Lipinski definition) is 6. The molecule has 0 atom stereocenters. The van der Waals surface area contributed by atoms with E-state index in [4.69, 9.17) is 19.7 Å². The van der Waals surface area contributed by atoms with Crippen LogP contribution in [0.4, 0.5) is 11.7 Å². The fraction of sp³-hybridized carbons (Fsp3) is 0.438. The zero-order valence-electron chi connectivity index (χ0n) is 14.3. The first kappa shape index (κ1) is 19.0. The molecule has 0 radical (unpaired) electrons. The molecule has 1 saturated heterocycles. The summed E-state index contributed by atoms with van der Waals surface area (Å²) in [7, 11) is 1.56. The maximum atomic E-state index is 12.8. The van der Waals surface area contributed by atoms with E-state index >= 15 is 0 Å². The van der Waals surface area contributed by atoms with Crippen molar-refractivity contribution in [1.29, 1.82) is 0 Å². The average molecular weight is 369 g/mol. The highest BCUT2D eigenvalue weighted by atomic mass is 35.5. The van der Waals surface area contributed by atoms with Crippen molar-refractivity contribution >= 4 is 30.0 Å². The quantitative estimate of drug-likeness (QED) is 0.772. The van der Waals surface area contributed by atoms with E-state index in [0.29, 0.717) is 36.9 Å². The van der Waals surface area contributed by atoms with Crippen LogP contribution in [0.5, 0.6) is 5.75 Å². The van der Waals surface area contributed by atoms with Crippen LogP contribution in [-0.4, -0.2) is 43.6 Å². The SMILES string of the molecule is COc1ccc(C(=O)[n+]2noc([NH-])c2N2CCOCC2(C)C)cc1.Cl. The van der Waals surface area contributed by atoms with Crippen LogP contribution in [0.25, 0.3) is 5.73 Å². The van der Waals surface area contributed by atoms with Gasteiger partial charge in [-0.05, 0) is 42.8 Å². The van der Waals surface area contributed by atoms with Crippen molar-refractivity contribution in [1.82, 2.24) is 5.27 Å². The normalized spacial score (nSPS) is 16.2. The van der Waals surface area contributed by atoms with E-state index < -0.39 is 0 Å². The van der Waals surface area contributed by atoms with Crippen LogP contribution < -0.4 is 14.3 Å². The Labute approximate surface area is 151 Å². The molecule has 136 valence electrons. The molecule has 1 aliphatic heterocycles. The van der Waals surface area contributed by atoms with Gasteiger partial charge in [-0.2, -0.15) is 0 Å². The van der Waals surface area contributed by atoms with Crippen molar-refractivity contribution in [3.63, 3.8) is 0 Å². The molecule has 8 nitrogen and oxygen atoms in total. The van der Waals surface area contributed by atoms with Crippen LogP contribution in [0.3, 0.4) is 0 Å². The smallest absolute Gasteiger partial charge is 0.369 e. The molecule has 1 aromatic carbocycles. The maximum absolute atomic E-state index is 12.8. The number of ether oxygens (including phenoxy) is 2. The highest BCUT2D eigenvalue weighted by Gasteiger charge is 2.42. The summed E-state index contributed by atoms with van der Waals surface area (Å²) in [4.78, 5) is 14.7. The second-order valence-electron chi connectivity index (χ2n) is 6.19. The van der Waals surface area contributed by atoms with Gasteiger partial charge in [-0.15, -0.1) is 12.4 Å². The Bertz CT molecular complexity index is 745. The van der Waals surface area contributed by atoms with Crippen LogP contribution in [0.1, 0.15) is 24.2 Å². The number of rotatable bonds is 3. The van der Waals surface area contributed by atoms with Gasteiger partial charge in [-0.1, -0.05) is 0 Å². The monoisotopic (exact) mass is 368 g/mol. The molecular formula is C16H21ClN4O4. The summed E-state index contributed by atoms with van der Waals surface area (Å²) in [6.45, 7) is 5.54. The van der Waals surface area contributed by atoms with Gasteiger partial charge in [0.15, 0.2) is 0 Å². The van der Waals surface area contributed by atoms with Crippen molar-refractivity contribution in [2.75, 3.05) is 31.8 Å². The van der Waals surface area contributed by atoms with E-state index in [9.17, 15) is 4.79 Å². The van der Waals surface area contributed by atoms with Gasteiger partial charge < -0.3 is 19.7 Å². The van der Waals surface area contributed by atoms with Gasteiger partial charge in [0.25, 0.3) is 0 Å².